The summed E-state index contributed by atoms with van der Waals surface area (Å²) in [6, 6.07) is 7.29. The molecule has 3 unspecified atom stereocenters. The third-order valence-electron chi connectivity index (χ3n) is 8.28. The Balaban J connectivity index is 1.24. The fourth-order valence-electron chi connectivity index (χ4n) is 6.27. The molecule has 8 nitrogen and oxygen atoms in total. The molecule has 3 aliphatic rings. The van der Waals surface area contributed by atoms with E-state index in [1.807, 2.05) is 6.92 Å². The summed E-state index contributed by atoms with van der Waals surface area (Å²) < 4.78 is 58.3. The number of aromatic nitrogens is 3. The number of piperidine rings is 1. The van der Waals surface area contributed by atoms with Crippen LogP contribution < -0.4 is 4.90 Å². The van der Waals surface area contributed by atoms with Gasteiger partial charge in [0.2, 0.25) is 5.95 Å². The Kier molecular flexibility index (Phi) is 6.80. The topological polar surface area (TPSA) is 90.6 Å². The fraction of sp³-hybridized carbons (Fsp3) is 0.517. The number of hydrogen-bond acceptors (Lipinski definition) is 8. The minimum atomic E-state index is -4.51. The molecule has 6 rings (SSSR count). The molecule has 0 spiro atoms. The maximum atomic E-state index is 13.8. The van der Waals surface area contributed by atoms with E-state index in [0.717, 1.165) is 25.3 Å². The number of fused-ring (bicyclic) bond motifs is 2. The van der Waals surface area contributed by atoms with Gasteiger partial charge >= 0.3 is 12.1 Å². The third kappa shape index (κ3) is 4.95. The zero-order valence-electron chi connectivity index (χ0n) is 22.6. The van der Waals surface area contributed by atoms with Crippen molar-refractivity contribution in [2.75, 3.05) is 12.0 Å². The number of halogens is 3. The first kappa shape index (κ1) is 26.7. The average molecular weight is 557 g/mol. The van der Waals surface area contributed by atoms with Crippen molar-refractivity contribution in [1.29, 1.82) is 0 Å². The summed E-state index contributed by atoms with van der Waals surface area (Å²) >= 11 is 0. The second kappa shape index (κ2) is 10.2. The molecular formula is C29H31F3N4O4. The molecule has 1 saturated carbocycles. The van der Waals surface area contributed by atoms with E-state index in [2.05, 4.69) is 26.9 Å². The number of benzene rings is 1. The van der Waals surface area contributed by atoms with Crippen LogP contribution in [0, 0.1) is 12.8 Å². The van der Waals surface area contributed by atoms with Crippen molar-refractivity contribution in [2.24, 2.45) is 5.92 Å². The number of methoxy groups -OCH3 is 1. The zero-order chi connectivity index (χ0) is 28.2. The molecule has 0 N–H and O–H groups in total. The van der Waals surface area contributed by atoms with Crippen LogP contribution in [0.5, 0.6) is 0 Å². The Labute approximate surface area is 229 Å². The summed E-state index contributed by atoms with van der Waals surface area (Å²) in [5.41, 5.74) is 0.978. The van der Waals surface area contributed by atoms with E-state index in [9.17, 15) is 18.0 Å². The van der Waals surface area contributed by atoms with Crippen LogP contribution in [-0.4, -0.2) is 46.4 Å². The molecule has 1 aliphatic carbocycles. The standard InChI is InChI=1S/C29H31F3N4O4/c1-15-10-18-12-19(13-24(15)36(18)28-33-16(2)11-23(34-28)27(37)38-3)39-14-21-25(35-40-26(21)17-8-9-17)20-6-4-5-7-22(20)29(30,31)32/h4-7,11,15,17-19,24H,8-10,12-14H2,1-3H3/t15-,18?,19?,24?/m1/s1. The average Bonchev–Trinajstić information content (AvgIpc) is 3.64. The number of hydrogen-bond donors (Lipinski definition) is 0. The Hall–Kier alpha value is -3.47. The molecule has 4 atom stereocenters. The van der Waals surface area contributed by atoms with Crippen LogP contribution in [0.1, 0.15) is 78.0 Å². The molecule has 3 aromatic rings. The van der Waals surface area contributed by atoms with Crippen molar-refractivity contribution in [1.82, 2.24) is 15.1 Å². The van der Waals surface area contributed by atoms with Gasteiger partial charge in [0.25, 0.3) is 0 Å². The van der Waals surface area contributed by atoms with Gasteiger partial charge in [0.15, 0.2) is 5.69 Å². The van der Waals surface area contributed by atoms with E-state index in [0.29, 0.717) is 41.7 Å². The predicted octanol–water partition coefficient (Wildman–Crippen LogP) is 6.09. The van der Waals surface area contributed by atoms with Crippen LogP contribution in [-0.2, 0) is 22.3 Å². The highest BCUT2D eigenvalue weighted by molar-refractivity contribution is 5.87. The van der Waals surface area contributed by atoms with Crippen molar-refractivity contribution in [3.05, 3.63) is 58.6 Å². The summed E-state index contributed by atoms with van der Waals surface area (Å²) in [6.07, 6.45) is -0.417. The lowest BCUT2D eigenvalue weighted by Gasteiger charge is -2.39. The van der Waals surface area contributed by atoms with Crippen LogP contribution in [0.2, 0.25) is 0 Å². The third-order valence-corrected chi connectivity index (χ3v) is 8.28. The van der Waals surface area contributed by atoms with E-state index < -0.39 is 17.7 Å². The molecule has 40 heavy (non-hydrogen) atoms. The van der Waals surface area contributed by atoms with Crippen molar-refractivity contribution < 1.29 is 32.0 Å². The summed E-state index contributed by atoms with van der Waals surface area (Å²) in [4.78, 5) is 23.5. The monoisotopic (exact) mass is 556 g/mol. The summed E-state index contributed by atoms with van der Waals surface area (Å²) in [5, 5.41) is 4.11. The first-order valence-corrected chi connectivity index (χ1v) is 13.6. The number of carbonyl (C=O) groups is 1. The molecule has 2 aliphatic heterocycles. The van der Waals surface area contributed by atoms with E-state index in [4.69, 9.17) is 14.0 Å². The second-order valence-corrected chi connectivity index (χ2v) is 11.1. The number of rotatable bonds is 7. The molecular weight excluding hydrogens is 525 g/mol. The van der Waals surface area contributed by atoms with Gasteiger partial charge in [0.1, 0.15) is 11.5 Å². The SMILES string of the molecule is COC(=O)c1cc(C)nc(N2C3CC(OCc4c(-c5ccccc5C(F)(F)F)noc4C4CC4)CC2[C@H](C)C3)n1. The van der Waals surface area contributed by atoms with Gasteiger partial charge in [-0.05, 0) is 57.1 Å². The number of nitrogens with zero attached hydrogens (tertiary/aromatic N) is 4. The molecule has 2 saturated heterocycles. The van der Waals surface area contributed by atoms with Gasteiger partial charge in [0, 0.05) is 34.8 Å². The van der Waals surface area contributed by atoms with E-state index in [-0.39, 0.29) is 47.7 Å². The maximum Gasteiger partial charge on any atom is 0.417 e. The van der Waals surface area contributed by atoms with Gasteiger partial charge < -0.3 is 18.9 Å². The lowest BCUT2D eigenvalue weighted by Crippen LogP contribution is -2.47. The molecule has 3 fully saturated rings. The highest BCUT2D eigenvalue weighted by Crippen LogP contribution is 2.47. The molecule has 2 bridgehead atoms. The van der Waals surface area contributed by atoms with Crippen LogP contribution in [0.15, 0.2) is 34.9 Å². The second-order valence-electron chi connectivity index (χ2n) is 11.1. The van der Waals surface area contributed by atoms with Crippen LogP contribution in [0.25, 0.3) is 11.3 Å². The van der Waals surface area contributed by atoms with Crippen molar-refractivity contribution in [3.8, 4) is 11.3 Å². The summed E-state index contributed by atoms with van der Waals surface area (Å²) in [7, 11) is 1.32. The minimum Gasteiger partial charge on any atom is -0.464 e. The number of aryl methyl sites for hydroxylation is 1. The molecule has 0 amide bonds. The van der Waals surface area contributed by atoms with Crippen molar-refractivity contribution >= 4 is 11.9 Å². The first-order valence-electron chi connectivity index (χ1n) is 13.6. The molecule has 11 heteroatoms. The molecule has 212 valence electrons. The van der Waals surface area contributed by atoms with Gasteiger partial charge in [-0.1, -0.05) is 30.3 Å². The van der Waals surface area contributed by atoms with Gasteiger partial charge in [0.05, 0.1) is 25.4 Å². The number of alkyl halides is 3. The lowest BCUT2D eigenvalue weighted by atomic mass is 9.97. The van der Waals surface area contributed by atoms with Crippen molar-refractivity contribution in [3.63, 3.8) is 0 Å². The van der Waals surface area contributed by atoms with Gasteiger partial charge in [-0.2, -0.15) is 13.2 Å². The number of esters is 1. The van der Waals surface area contributed by atoms with E-state index in [1.54, 1.807) is 12.1 Å². The maximum absolute atomic E-state index is 13.8. The van der Waals surface area contributed by atoms with E-state index in [1.165, 1.54) is 19.2 Å². The summed E-state index contributed by atoms with van der Waals surface area (Å²) in [6.45, 7) is 4.14. The van der Waals surface area contributed by atoms with Gasteiger partial charge in [-0.25, -0.2) is 14.8 Å². The highest BCUT2D eigenvalue weighted by atomic mass is 19.4. The van der Waals surface area contributed by atoms with Crippen LogP contribution >= 0.6 is 0 Å². The Morgan fingerprint density at radius 2 is 1.93 bits per heavy atom. The van der Waals surface area contributed by atoms with Gasteiger partial charge in [-0.3, -0.25) is 0 Å². The van der Waals surface area contributed by atoms with Gasteiger partial charge in [-0.15, -0.1) is 0 Å². The Morgan fingerprint density at radius 1 is 1.15 bits per heavy atom. The van der Waals surface area contributed by atoms with Crippen LogP contribution in [0.4, 0.5) is 19.1 Å². The van der Waals surface area contributed by atoms with E-state index >= 15 is 0 Å². The molecule has 1 aromatic carbocycles. The normalized spacial score (nSPS) is 24.4. The smallest absolute Gasteiger partial charge is 0.417 e. The number of anilines is 1. The number of carbonyl (C=O) groups excluding carboxylic acids is 1. The largest absolute Gasteiger partial charge is 0.464 e. The highest BCUT2D eigenvalue weighted by Gasteiger charge is 2.47. The quantitative estimate of drug-likeness (QED) is 0.323. The van der Waals surface area contributed by atoms with Crippen LogP contribution in [0.3, 0.4) is 0 Å². The summed E-state index contributed by atoms with van der Waals surface area (Å²) in [5.74, 6) is 1.16. The minimum absolute atomic E-state index is 0.00534. The fourth-order valence-corrected chi connectivity index (χ4v) is 6.27. The molecule has 2 aromatic heterocycles. The number of ether oxygens (including phenoxy) is 2. The zero-order valence-corrected chi connectivity index (χ0v) is 22.6. The molecule has 4 heterocycles. The Morgan fingerprint density at radius 3 is 2.62 bits per heavy atom. The predicted molar refractivity (Wildman–Crippen MR) is 139 cm³/mol. The molecule has 0 radical (unpaired) electrons. The lowest BCUT2D eigenvalue weighted by molar-refractivity contribution is -0.137. The van der Waals surface area contributed by atoms with Crippen molar-refractivity contribution in [2.45, 2.75) is 82.8 Å². The Bertz CT molecular complexity index is 1420. The first-order chi connectivity index (χ1) is 19.1.